The first-order valence-electron chi connectivity index (χ1n) is 6.22. The molecule has 1 heterocycles. The Bertz CT molecular complexity index is 448. The zero-order valence-electron chi connectivity index (χ0n) is 10.8. The number of rotatable bonds is 5. The summed E-state index contributed by atoms with van der Waals surface area (Å²) in [5.41, 5.74) is 2.42. The number of fused-ring (bicyclic) bond motifs is 1. The van der Waals surface area contributed by atoms with Crippen molar-refractivity contribution in [2.24, 2.45) is 4.99 Å². The zero-order valence-corrected chi connectivity index (χ0v) is 12.4. The Morgan fingerprint density at radius 3 is 3.06 bits per heavy atom. The van der Waals surface area contributed by atoms with Crippen LogP contribution in [0, 0.1) is 0 Å². The van der Waals surface area contributed by atoms with Gasteiger partial charge >= 0.3 is 0 Å². The molecule has 4 heteroatoms. The van der Waals surface area contributed by atoms with Gasteiger partial charge in [0.25, 0.3) is 0 Å². The number of nitrogens with zero attached hydrogens (tertiary/aromatic N) is 1. The van der Waals surface area contributed by atoms with Gasteiger partial charge in [-0.25, -0.2) is 0 Å². The van der Waals surface area contributed by atoms with E-state index in [1.165, 1.54) is 5.56 Å². The van der Waals surface area contributed by atoms with Crippen molar-refractivity contribution in [2.45, 2.75) is 25.8 Å². The number of ether oxygens (including phenoxy) is 1. The van der Waals surface area contributed by atoms with Crippen LogP contribution < -0.4 is 4.74 Å². The molecule has 0 amide bonds. The molecule has 18 heavy (non-hydrogen) atoms. The first kappa shape index (κ1) is 13.8. The van der Waals surface area contributed by atoms with E-state index in [2.05, 4.69) is 24.2 Å². The third-order valence-electron chi connectivity index (χ3n) is 2.89. The molecule has 2 rings (SSSR count). The average Bonchev–Trinajstić information content (AvgIpc) is 2.37. The molecule has 98 valence electrons. The second kappa shape index (κ2) is 6.48. The summed E-state index contributed by atoms with van der Waals surface area (Å²) in [4.78, 5) is 4.55. The van der Waals surface area contributed by atoms with E-state index in [-0.39, 0.29) is 0 Å². The average molecular weight is 284 g/mol. The molecule has 0 N–H and O–H groups in total. The SMILES string of the molecule is CCCOc1cc2c(cc1Cl)C=NC(CSC)C2. The van der Waals surface area contributed by atoms with Crippen LogP contribution in [-0.2, 0) is 6.42 Å². The van der Waals surface area contributed by atoms with Gasteiger partial charge in [-0.05, 0) is 42.4 Å². The summed E-state index contributed by atoms with van der Waals surface area (Å²) in [6.45, 7) is 2.80. The van der Waals surface area contributed by atoms with Crippen LogP contribution in [0.1, 0.15) is 24.5 Å². The Morgan fingerprint density at radius 2 is 2.33 bits per heavy atom. The molecule has 0 saturated heterocycles. The van der Waals surface area contributed by atoms with Gasteiger partial charge in [-0.3, -0.25) is 4.99 Å². The molecule has 0 saturated carbocycles. The van der Waals surface area contributed by atoms with E-state index in [9.17, 15) is 0 Å². The van der Waals surface area contributed by atoms with Crippen molar-refractivity contribution >= 4 is 29.6 Å². The molecule has 1 aromatic carbocycles. The Hall–Kier alpha value is -0.670. The minimum absolute atomic E-state index is 0.382. The molecular weight excluding hydrogens is 266 g/mol. The zero-order chi connectivity index (χ0) is 13.0. The van der Waals surface area contributed by atoms with Gasteiger partial charge in [0.15, 0.2) is 0 Å². The van der Waals surface area contributed by atoms with E-state index in [0.717, 1.165) is 29.9 Å². The predicted octanol–water partition coefficient (Wildman–Crippen LogP) is 3.84. The standard InChI is InChI=1S/C14H18ClNOS/c1-3-4-17-14-7-10-5-12(9-18-2)16-8-11(10)6-13(14)15/h6-8,12H,3-5,9H2,1-2H3. The van der Waals surface area contributed by atoms with Crippen LogP contribution in [0.5, 0.6) is 5.75 Å². The number of thioether (sulfide) groups is 1. The summed E-state index contributed by atoms with van der Waals surface area (Å²) in [5.74, 6) is 1.86. The molecule has 1 aliphatic rings. The lowest BCUT2D eigenvalue weighted by molar-refractivity contribution is 0.317. The fourth-order valence-corrected chi connectivity index (χ4v) is 2.83. The minimum atomic E-state index is 0.382. The molecule has 0 bridgehead atoms. The number of halogens is 1. The summed E-state index contributed by atoms with van der Waals surface area (Å²) >= 11 is 8.04. The molecule has 0 aliphatic carbocycles. The molecule has 0 radical (unpaired) electrons. The molecule has 1 aliphatic heterocycles. The highest BCUT2D eigenvalue weighted by Crippen LogP contribution is 2.30. The largest absolute Gasteiger partial charge is 0.492 e. The lowest BCUT2D eigenvalue weighted by Crippen LogP contribution is -2.18. The van der Waals surface area contributed by atoms with Crippen LogP contribution >= 0.6 is 23.4 Å². The quantitative estimate of drug-likeness (QED) is 0.819. The van der Waals surface area contributed by atoms with E-state index >= 15 is 0 Å². The van der Waals surface area contributed by atoms with Gasteiger partial charge in [-0.2, -0.15) is 11.8 Å². The first-order valence-corrected chi connectivity index (χ1v) is 7.99. The Morgan fingerprint density at radius 1 is 1.50 bits per heavy atom. The van der Waals surface area contributed by atoms with Crippen molar-refractivity contribution in [3.63, 3.8) is 0 Å². The van der Waals surface area contributed by atoms with Crippen molar-refractivity contribution in [3.8, 4) is 5.75 Å². The maximum absolute atomic E-state index is 6.20. The molecule has 0 fully saturated rings. The second-order valence-electron chi connectivity index (χ2n) is 4.42. The highest BCUT2D eigenvalue weighted by molar-refractivity contribution is 7.98. The summed E-state index contributed by atoms with van der Waals surface area (Å²) in [7, 11) is 0. The van der Waals surface area contributed by atoms with E-state index in [1.54, 1.807) is 0 Å². The molecule has 1 atom stereocenters. The lowest BCUT2D eigenvalue weighted by Gasteiger charge is -2.19. The summed E-state index contributed by atoms with van der Waals surface area (Å²) in [6.07, 6.45) is 6.02. The monoisotopic (exact) mass is 283 g/mol. The highest BCUT2D eigenvalue weighted by atomic mass is 35.5. The van der Waals surface area contributed by atoms with Gasteiger partial charge < -0.3 is 4.74 Å². The maximum Gasteiger partial charge on any atom is 0.138 e. The molecule has 0 spiro atoms. The molecule has 1 aromatic rings. The van der Waals surface area contributed by atoms with E-state index in [4.69, 9.17) is 16.3 Å². The van der Waals surface area contributed by atoms with E-state index in [1.807, 2.05) is 24.0 Å². The summed E-state index contributed by atoms with van der Waals surface area (Å²) in [6, 6.07) is 4.42. The van der Waals surface area contributed by atoms with Gasteiger partial charge in [-0.15, -0.1) is 0 Å². The third-order valence-corrected chi connectivity index (χ3v) is 3.91. The van der Waals surface area contributed by atoms with Crippen LogP contribution in [0.25, 0.3) is 0 Å². The van der Waals surface area contributed by atoms with Crippen LogP contribution in [0.3, 0.4) is 0 Å². The van der Waals surface area contributed by atoms with Gasteiger partial charge in [0.05, 0.1) is 17.7 Å². The van der Waals surface area contributed by atoms with E-state index in [0.29, 0.717) is 17.7 Å². The Balaban J connectivity index is 2.20. The van der Waals surface area contributed by atoms with Crippen LogP contribution in [0.2, 0.25) is 5.02 Å². The van der Waals surface area contributed by atoms with E-state index < -0.39 is 0 Å². The fourth-order valence-electron chi connectivity index (χ4n) is 2.02. The normalized spacial score (nSPS) is 17.6. The van der Waals surface area contributed by atoms with Crippen LogP contribution in [0.4, 0.5) is 0 Å². The van der Waals surface area contributed by atoms with Gasteiger partial charge in [-0.1, -0.05) is 18.5 Å². The fraction of sp³-hybridized carbons (Fsp3) is 0.500. The number of hydrogen-bond donors (Lipinski definition) is 0. The van der Waals surface area contributed by atoms with Crippen molar-refractivity contribution in [2.75, 3.05) is 18.6 Å². The summed E-state index contributed by atoms with van der Waals surface area (Å²) in [5, 5.41) is 0.678. The molecule has 1 unspecified atom stereocenters. The second-order valence-corrected chi connectivity index (χ2v) is 5.74. The Kier molecular flexibility index (Phi) is 4.95. The number of aliphatic imine (C=N–C) groups is 1. The summed E-state index contributed by atoms with van der Waals surface area (Å²) < 4.78 is 5.67. The Labute approximate surface area is 118 Å². The highest BCUT2D eigenvalue weighted by Gasteiger charge is 2.17. The number of benzene rings is 1. The smallest absolute Gasteiger partial charge is 0.138 e. The van der Waals surface area contributed by atoms with Crippen LogP contribution in [0.15, 0.2) is 17.1 Å². The van der Waals surface area contributed by atoms with Gasteiger partial charge in [0, 0.05) is 12.0 Å². The lowest BCUT2D eigenvalue weighted by atomic mass is 9.98. The topological polar surface area (TPSA) is 21.6 Å². The van der Waals surface area contributed by atoms with Gasteiger partial charge in [0.2, 0.25) is 0 Å². The first-order chi connectivity index (χ1) is 8.74. The molecule has 2 nitrogen and oxygen atoms in total. The van der Waals surface area contributed by atoms with Crippen molar-refractivity contribution < 1.29 is 4.74 Å². The maximum atomic E-state index is 6.20. The molecule has 0 aromatic heterocycles. The number of hydrogen-bond acceptors (Lipinski definition) is 3. The van der Waals surface area contributed by atoms with Crippen molar-refractivity contribution in [1.82, 2.24) is 0 Å². The third kappa shape index (κ3) is 3.21. The van der Waals surface area contributed by atoms with Crippen molar-refractivity contribution in [3.05, 3.63) is 28.3 Å². The predicted molar refractivity (Wildman–Crippen MR) is 80.7 cm³/mol. The minimum Gasteiger partial charge on any atom is -0.492 e. The molecular formula is C14H18ClNOS. The van der Waals surface area contributed by atoms with Crippen molar-refractivity contribution in [1.29, 1.82) is 0 Å². The van der Waals surface area contributed by atoms with Gasteiger partial charge in [0.1, 0.15) is 5.75 Å². The van der Waals surface area contributed by atoms with Crippen LogP contribution in [-0.4, -0.2) is 30.9 Å².